The van der Waals surface area contributed by atoms with Gasteiger partial charge in [-0.2, -0.15) is 0 Å². The lowest BCUT2D eigenvalue weighted by atomic mass is 10.1. The number of aliphatic hydroxyl groups excluding tert-OH is 2. The van der Waals surface area contributed by atoms with Crippen molar-refractivity contribution in [3.05, 3.63) is 17.7 Å². The van der Waals surface area contributed by atoms with Gasteiger partial charge in [0.15, 0.2) is 11.5 Å². The summed E-state index contributed by atoms with van der Waals surface area (Å²) in [6.07, 6.45) is -1.07. The molecule has 6 heteroatoms. The summed E-state index contributed by atoms with van der Waals surface area (Å²) in [6, 6.07) is 3.35. The lowest BCUT2D eigenvalue weighted by molar-refractivity contribution is 0.0716. The predicted molar refractivity (Wildman–Crippen MR) is 59.7 cm³/mol. The zero-order chi connectivity index (χ0) is 12.5. The van der Waals surface area contributed by atoms with Gasteiger partial charge in [0, 0.05) is 11.6 Å². The minimum Gasteiger partial charge on any atom is -0.485 e. The van der Waals surface area contributed by atoms with Crippen molar-refractivity contribution in [3.63, 3.8) is 0 Å². The van der Waals surface area contributed by atoms with Crippen LogP contribution in [0.25, 0.3) is 0 Å². The molecule has 98 valence electrons. The van der Waals surface area contributed by atoms with E-state index in [9.17, 15) is 10.2 Å². The van der Waals surface area contributed by atoms with E-state index in [1.165, 1.54) is 0 Å². The topological polar surface area (TPSA) is 77.4 Å². The number of hydrogen-bond donors (Lipinski definition) is 2. The lowest BCUT2D eigenvalue weighted by Gasteiger charge is -2.17. The van der Waals surface area contributed by atoms with E-state index in [-0.39, 0.29) is 20.0 Å². The van der Waals surface area contributed by atoms with Gasteiger partial charge in [-0.1, -0.05) is 0 Å². The molecule has 0 spiro atoms. The molecule has 6 nitrogen and oxygen atoms in total. The largest absolute Gasteiger partial charge is 0.485 e. The van der Waals surface area contributed by atoms with Crippen molar-refractivity contribution in [3.8, 4) is 17.2 Å². The Hall–Kier alpha value is -1.50. The third-order valence-corrected chi connectivity index (χ3v) is 3.00. The molecule has 2 unspecified atom stereocenters. The predicted octanol–water partition coefficient (Wildman–Crippen LogP) is 0.0461. The fraction of sp³-hybridized carbons (Fsp3) is 0.500. The van der Waals surface area contributed by atoms with E-state index in [1.54, 1.807) is 12.1 Å². The number of ether oxygens (including phenoxy) is 4. The molecule has 1 aromatic rings. The summed E-state index contributed by atoms with van der Waals surface area (Å²) in [6.45, 7) is 0.596. The third-order valence-electron chi connectivity index (χ3n) is 3.00. The van der Waals surface area contributed by atoms with Crippen LogP contribution in [0.1, 0.15) is 5.56 Å². The second-order valence-corrected chi connectivity index (χ2v) is 4.23. The van der Waals surface area contributed by atoms with Crippen LogP contribution in [0, 0.1) is 0 Å². The van der Waals surface area contributed by atoms with Crippen molar-refractivity contribution < 1.29 is 29.2 Å². The second kappa shape index (κ2) is 4.64. The molecule has 18 heavy (non-hydrogen) atoms. The smallest absolute Gasteiger partial charge is 0.231 e. The fourth-order valence-corrected chi connectivity index (χ4v) is 2.00. The Morgan fingerprint density at radius 2 is 2.00 bits per heavy atom. The Labute approximate surface area is 104 Å². The minimum atomic E-state index is -0.651. The first-order valence-electron chi connectivity index (χ1n) is 5.74. The van der Waals surface area contributed by atoms with Crippen LogP contribution >= 0.6 is 0 Å². The Balaban J connectivity index is 1.86. The molecule has 0 amide bonds. The summed E-state index contributed by atoms with van der Waals surface area (Å²) in [5, 5.41) is 19.0. The van der Waals surface area contributed by atoms with Crippen molar-refractivity contribution in [1.29, 1.82) is 0 Å². The summed E-state index contributed by atoms with van der Waals surface area (Å²) >= 11 is 0. The quantitative estimate of drug-likeness (QED) is 0.793. The summed E-state index contributed by atoms with van der Waals surface area (Å²) < 4.78 is 21.3. The molecule has 0 saturated carbocycles. The van der Waals surface area contributed by atoms with Crippen molar-refractivity contribution >= 4 is 0 Å². The normalized spacial score (nSPS) is 25.4. The first kappa shape index (κ1) is 11.6. The SMILES string of the molecule is OCc1cc2c(cc1OC1COCC1O)OCO2. The van der Waals surface area contributed by atoms with Crippen LogP contribution in [0.5, 0.6) is 17.2 Å². The highest BCUT2D eigenvalue weighted by Crippen LogP contribution is 2.38. The van der Waals surface area contributed by atoms with Crippen molar-refractivity contribution in [1.82, 2.24) is 0 Å². The van der Waals surface area contributed by atoms with Crippen molar-refractivity contribution in [2.75, 3.05) is 20.0 Å². The first-order valence-corrected chi connectivity index (χ1v) is 5.74. The summed E-state index contributed by atoms with van der Waals surface area (Å²) in [7, 11) is 0. The van der Waals surface area contributed by atoms with E-state index in [2.05, 4.69) is 0 Å². The van der Waals surface area contributed by atoms with Gasteiger partial charge in [-0.3, -0.25) is 0 Å². The zero-order valence-electron chi connectivity index (χ0n) is 9.67. The Bertz CT molecular complexity index is 446. The molecule has 1 aromatic carbocycles. The van der Waals surface area contributed by atoms with Gasteiger partial charge < -0.3 is 29.2 Å². The molecule has 3 rings (SSSR count). The highest BCUT2D eigenvalue weighted by atomic mass is 16.7. The van der Waals surface area contributed by atoms with Gasteiger partial charge in [0.25, 0.3) is 0 Å². The zero-order valence-corrected chi connectivity index (χ0v) is 9.67. The first-order chi connectivity index (χ1) is 8.78. The number of rotatable bonds is 3. The second-order valence-electron chi connectivity index (χ2n) is 4.23. The maximum atomic E-state index is 9.64. The molecule has 1 fully saturated rings. The minimum absolute atomic E-state index is 0.165. The molecule has 0 aliphatic carbocycles. The molecule has 2 aliphatic rings. The Morgan fingerprint density at radius 1 is 1.22 bits per heavy atom. The van der Waals surface area contributed by atoms with Crippen LogP contribution in [0.3, 0.4) is 0 Å². The Kier molecular flexibility index (Phi) is 2.99. The molecule has 2 heterocycles. The monoisotopic (exact) mass is 254 g/mol. The van der Waals surface area contributed by atoms with E-state index in [4.69, 9.17) is 18.9 Å². The van der Waals surface area contributed by atoms with E-state index in [0.717, 1.165) is 0 Å². The maximum Gasteiger partial charge on any atom is 0.231 e. The molecule has 2 atom stereocenters. The van der Waals surface area contributed by atoms with Crippen LogP contribution in [-0.2, 0) is 11.3 Å². The third kappa shape index (κ3) is 1.98. The van der Waals surface area contributed by atoms with Gasteiger partial charge in [-0.25, -0.2) is 0 Å². The van der Waals surface area contributed by atoms with Crippen molar-refractivity contribution in [2.24, 2.45) is 0 Å². The fourth-order valence-electron chi connectivity index (χ4n) is 2.00. The number of benzene rings is 1. The van der Waals surface area contributed by atoms with Crippen LogP contribution in [0.2, 0.25) is 0 Å². The van der Waals surface area contributed by atoms with Crippen LogP contribution in [-0.4, -0.2) is 42.4 Å². The van der Waals surface area contributed by atoms with Crippen LogP contribution in [0.4, 0.5) is 0 Å². The van der Waals surface area contributed by atoms with E-state index < -0.39 is 12.2 Å². The van der Waals surface area contributed by atoms with E-state index in [1.807, 2.05) is 0 Å². The van der Waals surface area contributed by atoms with Gasteiger partial charge in [-0.05, 0) is 6.07 Å². The number of aliphatic hydroxyl groups is 2. The molecular weight excluding hydrogens is 240 g/mol. The van der Waals surface area contributed by atoms with E-state index >= 15 is 0 Å². The molecule has 2 N–H and O–H groups in total. The molecule has 0 bridgehead atoms. The lowest BCUT2D eigenvalue weighted by Crippen LogP contribution is -2.30. The standard InChI is InChI=1S/C12H14O6/c13-3-7-1-10-11(17-6-16-10)2-9(7)18-12-5-15-4-8(12)14/h1-2,8,12-14H,3-6H2. The van der Waals surface area contributed by atoms with Gasteiger partial charge >= 0.3 is 0 Å². The average molecular weight is 254 g/mol. The molecular formula is C12H14O6. The summed E-state index contributed by atoms with van der Waals surface area (Å²) in [5.41, 5.74) is 0.596. The number of fused-ring (bicyclic) bond motifs is 1. The molecule has 0 aromatic heterocycles. The Morgan fingerprint density at radius 3 is 2.67 bits per heavy atom. The summed E-state index contributed by atoms with van der Waals surface area (Å²) in [5.74, 6) is 1.65. The van der Waals surface area contributed by atoms with Crippen LogP contribution < -0.4 is 14.2 Å². The van der Waals surface area contributed by atoms with Gasteiger partial charge in [-0.15, -0.1) is 0 Å². The van der Waals surface area contributed by atoms with E-state index in [0.29, 0.717) is 29.4 Å². The maximum absolute atomic E-state index is 9.64. The molecule has 1 saturated heterocycles. The average Bonchev–Trinajstić information content (AvgIpc) is 2.98. The number of hydrogen-bond acceptors (Lipinski definition) is 6. The van der Waals surface area contributed by atoms with Gasteiger partial charge in [0.2, 0.25) is 6.79 Å². The molecule has 0 radical (unpaired) electrons. The summed E-state index contributed by atoms with van der Waals surface area (Å²) in [4.78, 5) is 0. The highest BCUT2D eigenvalue weighted by Gasteiger charge is 2.29. The van der Waals surface area contributed by atoms with Gasteiger partial charge in [0.1, 0.15) is 18.0 Å². The van der Waals surface area contributed by atoms with Gasteiger partial charge in [0.05, 0.1) is 19.8 Å². The van der Waals surface area contributed by atoms with Crippen molar-refractivity contribution in [2.45, 2.75) is 18.8 Å². The van der Waals surface area contributed by atoms with Crippen LogP contribution in [0.15, 0.2) is 12.1 Å². The molecule has 2 aliphatic heterocycles. The highest BCUT2D eigenvalue weighted by molar-refractivity contribution is 5.51.